The number of carbonyl (C=O) groups is 2. The van der Waals surface area contributed by atoms with E-state index in [1.165, 1.54) is 0 Å². The Morgan fingerprint density at radius 2 is 2.21 bits per heavy atom. The van der Waals surface area contributed by atoms with Crippen LogP contribution < -0.4 is 4.90 Å². The van der Waals surface area contributed by atoms with Crippen LogP contribution in [0.25, 0.3) is 0 Å². The Labute approximate surface area is 140 Å². The Morgan fingerprint density at radius 3 is 2.88 bits per heavy atom. The Bertz CT molecular complexity index is 770. The van der Waals surface area contributed by atoms with Gasteiger partial charge in [0.2, 0.25) is 5.91 Å². The maximum Gasteiger partial charge on any atom is 0.310 e. The first kappa shape index (κ1) is 15.1. The standard InChI is InChI=1S/C19H19NO4/c1-3-6-14-19-10-9-13(24-19)15(18(22)23)16(19)17(21)20(14)12-8-5-4-7-11(12)2/h3-5,7-10,13-16H,1,6H2,2H3,(H,22,23)/t13-,14+,15-,16-,19+/m0/s1. The maximum atomic E-state index is 13.2. The van der Waals surface area contributed by atoms with Crippen LogP contribution in [0, 0.1) is 18.8 Å². The fraction of sp³-hybridized carbons (Fsp3) is 0.368. The molecule has 4 rings (SSSR count). The number of rotatable bonds is 4. The average Bonchev–Trinajstić information content (AvgIpc) is 3.18. The van der Waals surface area contributed by atoms with E-state index >= 15 is 0 Å². The molecule has 124 valence electrons. The van der Waals surface area contributed by atoms with Crippen molar-refractivity contribution in [3.05, 3.63) is 54.6 Å². The molecule has 3 aliphatic heterocycles. The zero-order chi connectivity index (χ0) is 17.1. The summed E-state index contributed by atoms with van der Waals surface area (Å²) in [5, 5.41) is 9.62. The number of amides is 1. The van der Waals surface area contributed by atoms with Gasteiger partial charge in [0.15, 0.2) is 0 Å². The number of aliphatic carboxylic acids is 1. The second kappa shape index (κ2) is 5.05. The lowest BCUT2D eigenvalue weighted by Crippen LogP contribution is -2.45. The van der Waals surface area contributed by atoms with Crippen molar-refractivity contribution in [3.8, 4) is 0 Å². The van der Waals surface area contributed by atoms with Crippen LogP contribution in [0.4, 0.5) is 5.69 Å². The predicted octanol–water partition coefficient (Wildman–Crippen LogP) is 2.31. The summed E-state index contributed by atoms with van der Waals surface area (Å²) in [6.45, 7) is 5.76. The molecule has 5 atom stereocenters. The molecule has 2 fully saturated rings. The van der Waals surface area contributed by atoms with Gasteiger partial charge in [0.05, 0.1) is 18.1 Å². The van der Waals surface area contributed by atoms with Crippen molar-refractivity contribution < 1.29 is 19.4 Å². The Kier molecular flexibility index (Phi) is 3.18. The van der Waals surface area contributed by atoms with Gasteiger partial charge in [0.1, 0.15) is 11.5 Å². The first-order valence-corrected chi connectivity index (χ1v) is 8.11. The van der Waals surface area contributed by atoms with Gasteiger partial charge in [-0.25, -0.2) is 0 Å². The highest BCUT2D eigenvalue weighted by atomic mass is 16.5. The SMILES string of the molecule is C=CC[C@H]1N(c2ccccc2C)C(=O)[C@@H]2[C@@H](C(=O)O)[C@@H]3C=C[C@]21O3. The molecule has 5 heteroatoms. The number of anilines is 1. The van der Waals surface area contributed by atoms with Crippen LogP contribution in [0.1, 0.15) is 12.0 Å². The number of carboxylic acid groups (broad SMARTS) is 1. The molecule has 24 heavy (non-hydrogen) atoms. The molecule has 1 spiro atoms. The predicted molar refractivity (Wildman–Crippen MR) is 88.6 cm³/mol. The largest absolute Gasteiger partial charge is 0.481 e. The summed E-state index contributed by atoms with van der Waals surface area (Å²) in [5.41, 5.74) is 0.908. The van der Waals surface area contributed by atoms with Crippen molar-refractivity contribution in [1.29, 1.82) is 0 Å². The van der Waals surface area contributed by atoms with Crippen molar-refractivity contribution in [2.45, 2.75) is 31.1 Å². The third-order valence-electron chi connectivity index (χ3n) is 5.47. The number of ether oxygens (including phenoxy) is 1. The molecule has 3 heterocycles. The van der Waals surface area contributed by atoms with E-state index in [4.69, 9.17) is 4.74 Å². The molecule has 5 nitrogen and oxygen atoms in total. The summed E-state index contributed by atoms with van der Waals surface area (Å²) in [4.78, 5) is 26.7. The molecule has 1 N–H and O–H groups in total. The van der Waals surface area contributed by atoms with E-state index in [1.807, 2.05) is 37.3 Å². The first-order valence-electron chi connectivity index (χ1n) is 8.11. The summed E-state index contributed by atoms with van der Waals surface area (Å²) in [6, 6.07) is 7.37. The van der Waals surface area contributed by atoms with Gasteiger partial charge in [-0.3, -0.25) is 9.59 Å². The van der Waals surface area contributed by atoms with E-state index in [2.05, 4.69) is 6.58 Å². The highest BCUT2D eigenvalue weighted by molar-refractivity contribution is 6.03. The van der Waals surface area contributed by atoms with Crippen molar-refractivity contribution in [1.82, 2.24) is 0 Å². The van der Waals surface area contributed by atoms with Crippen LogP contribution in [-0.4, -0.2) is 34.7 Å². The zero-order valence-electron chi connectivity index (χ0n) is 13.4. The number of hydrogen-bond donors (Lipinski definition) is 1. The minimum atomic E-state index is -0.978. The summed E-state index contributed by atoms with van der Waals surface area (Å²) >= 11 is 0. The van der Waals surface area contributed by atoms with E-state index in [1.54, 1.807) is 17.1 Å². The van der Waals surface area contributed by atoms with E-state index in [9.17, 15) is 14.7 Å². The zero-order valence-corrected chi connectivity index (χ0v) is 13.4. The van der Waals surface area contributed by atoms with Crippen molar-refractivity contribution in [3.63, 3.8) is 0 Å². The number of nitrogens with zero attached hydrogens (tertiary/aromatic N) is 1. The van der Waals surface area contributed by atoms with Crippen LogP contribution in [0.5, 0.6) is 0 Å². The highest BCUT2D eigenvalue weighted by Crippen LogP contribution is 2.56. The van der Waals surface area contributed by atoms with Crippen LogP contribution in [0.15, 0.2) is 49.1 Å². The summed E-state index contributed by atoms with van der Waals surface area (Å²) in [5.74, 6) is -2.66. The minimum Gasteiger partial charge on any atom is -0.481 e. The van der Waals surface area contributed by atoms with E-state index in [-0.39, 0.29) is 11.9 Å². The molecule has 0 radical (unpaired) electrons. The summed E-state index contributed by atoms with van der Waals surface area (Å²) in [6.07, 6.45) is 5.47. The second-order valence-electron chi connectivity index (χ2n) is 6.67. The number of benzene rings is 1. The summed E-state index contributed by atoms with van der Waals surface area (Å²) < 4.78 is 6.08. The molecular weight excluding hydrogens is 306 g/mol. The lowest BCUT2D eigenvalue weighted by molar-refractivity contribution is -0.146. The molecule has 2 saturated heterocycles. The molecule has 0 saturated carbocycles. The number of aryl methyl sites for hydroxylation is 1. The van der Waals surface area contributed by atoms with Gasteiger partial charge in [-0.2, -0.15) is 0 Å². The van der Waals surface area contributed by atoms with Gasteiger partial charge in [0, 0.05) is 5.69 Å². The van der Waals surface area contributed by atoms with Crippen molar-refractivity contribution >= 4 is 17.6 Å². The lowest BCUT2D eigenvalue weighted by atomic mass is 9.74. The number of fused-ring (bicyclic) bond motifs is 1. The minimum absolute atomic E-state index is 0.171. The fourth-order valence-electron chi connectivity index (χ4n) is 4.50. The van der Waals surface area contributed by atoms with E-state index < -0.39 is 29.5 Å². The fourth-order valence-corrected chi connectivity index (χ4v) is 4.50. The van der Waals surface area contributed by atoms with Crippen LogP contribution >= 0.6 is 0 Å². The topological polar surface area (TPSA) is 66.8 Å². The van der Waals surface area contributed by atoms with Gasteiger partial charge in [-0.05, 0) is 25.0 Å². The molecule has 1 aromatic carbocycles. The quantitative estimate of drug-likeness (QED) is 0.863. The Hall–Kier alpha value is -2.40. The number of carbonyl (C=O) groups excluding carboxylic acids is 1. The van der Waals surface area contributed by atoms with Gasteiger partial charge in [-0.15, -0.1) is 6.58 Å². The molecule has 3 aliphatic rings. The molecular formula is C19H19NO4. The molecule has 0 aliphatic carbocycles. The second-order valence-corrected chi connectivity index (χ2v) is 6.67. The van der Waals surface area contributed by atoms with Crippen LogP contribution in [0.2, 0.25) is 0 Å². The smallest absolute Gasteiger partial charge is 0.310 e. The van der Waals surface area contributed by atoms with Gasteiger partial charge in [-0.1, -0.05) is 36.4 Å². The molecule has 0 aromatic heterocycles. The number of para-hydroxylation sites is 1. The van der Waals surface area contributed by atoms with E-state index in [0.29, 0.717) is 6.42 Å². The van der Waals surface area contributed by atoms with Crippen LogP contribution in [-0.2, 0) is 14.3 Å². The number of hydrogen-bond acceptors (Lipinski definition) is 3. The van der Waals surface area contributed by atoms with Gasteiger partial charge in [0.25, 0.3) is 0 Å². The Balaban J connectivity index is 1.87. The molecule has 2 bridgehead atoms. The van der Waals surface area contributed by atoms with Gasteiger partial charge < -0.3 is 14.7 Å². The molecule has 0 unspecified atom stereocenters. The average molecular weight is 325 g/mol. The van der Waals surface area contributed by atoms with Crippen LogP contribution in [0.3, 0.4) is 0 Å². The first-order chi connectivity index (χ1) is 11.5. The maximum absolute atomic E-state index is 13.2. The monoisotopic (exact) mass is 325 g/mol. The normalized spacial score (nSPS) is 36.2. The summed E-state index contributed by atoms with van der Waals surface area (Å²) in [7, 11) is 0. The lowest BCUT2D eigenvalue weighted by Gasteiger charge is -2.33. The molecule has 1 amide bonds. The number of carboxylic acids is 1. The van der Waals surface area contributed by atoms with Crippen molar-refractivity contribution in [2.75, 3.05) is 4.90 Å². The Morgan fingerprint density at radius 1 is 1.46 bits per heavy atom. The highest BCUT2D eigenvalue weighted by Gasteiger charge is 2.71. The van der Waals surface area contributed by atoms with Gasteiger partial charge >= 0.3 is 5.97 Å². The van der Waals surface area contributed by atoms with E-state index in [0.717, 1.165) is 11.3 Å². The third-order valence-corrected chi connectivity index (χ3v) is 5.47. The van der Waals surface area contributed by atoms with Crippen molar-refractivity contribution in [2.24, 2.45) is 11.8 Å². The molecule has 1 aromatic rings. The third kappa shape index (κ3) is 1.73.